The van der Waals surface area contributed by atoms with Crippen molar-refractivity contribution in [3.8, 4) is 5.75 Å². The summed E-state index contributed by atoms with van der Waals surface area (Å²) in [5.74, 6) is 0.828. The number of hydrogen-bond acceptors (Lipinski definition) is 6. The highest BCUT2D eigenvalue weighted by Crippen LogP contribution is 2.39. The van der Waals surface area contributed by atoms with Gasteiger partial charge in [0.05, 0.1) is 12.7 Å². The highest BCUT2D eigenvalue weighted by atomic mass is 28.4. The summed E-state index contributed by atoms with van der Waals surface area (Å²) in [5, 5.41) is 25.8. The van der Waals surface area contributed by atoms with Gasteiger partial charge in [0.15, 0.2) is 14.6 Å². The van der Waals surface area contributed by atoms with E-state index in [4.69, 9.17) is 9.16 Å². The molecule has 0 saturated carbocycles. The Labute approximate surface area is 265 Å². The number of hydrogen-bond donors (Lipinski definition) is 4. The summed E-state index contributed by atoms with van der Waals surface area (Å²) >= 11 is 0. The lowest BCUT2D eigenvalue weighted by atomic mass is 10.0. The van der Waals surface area contributed by atoms with Crippen LogP contribution in [0.2, 0.25) is 18.1 Å². The second-order valence-corrected chi connectivity index (χ2v) is 17.8. The van der Waals surface area contributed by atoms with Crippen molar-refractivity contribution in [1.82, 2.24) is 10.6 Å². The SMILES string of the molecule is CCOc1ccccc1CNC(=O)CCc1cccc(CC(C)NCC(O[Si](C)(C)C(C)(C)C)c2ccc(C(O)O)cc2)c1. The summed E-state index contributed by atoms with van der Waals surface area (Å²) in [6.45, 7) is 17.0. The predicted octanol–water partition coefficient (Wildman–Crippen LogP) is 6.60. The van der Waals surface area contributed by atoms with Gasteiger partial charge in [-0.05, 0) is 67.6 Å². The van der Waals surface area contributed by atoms with Gasteiger partial charge in [0.1, 0.15) is 5.75 Å². The van der Waals surface area contributed by atoms with Crippen molar-refractivity contribution in [1.29, 1.82) is 0 Å². The van der Waals surface area contributed by atoms with Crippen LogP contribution in [0.3, 0.4) is 0 Å². The molecule has 0 saturated heterocycles. The maximum Gasteiger partial charge on any atom is 0.220 e. The number of amides is 1. The van der Waals surface area contributed by atoms with E-state index in [-0.39, 0.29) is 23.1 Å². The molecule has 0 aliphatic rings. The van der Waals surface area contributed by atoms with Crippen LogP contribution in [0, 0.1) is 0 Å². The van der Waals surface area contributed by atoms with Crippen LogP contribution in [0.25, 0.3) is 0 Å². The third-order valence-electron chi connectivity index (χ3n) is 8.42. The number of carbonyl (C=O) groups excluding carboxylic acids is 1. The Kier molecular flexibility index (Phi) is 13.2. The molecule has 3 aromatic carbocycles. The molecular formula is C36H52N2O5Si. The number of rotatable bonds is 16. The number of ether oxygens (including phenoxy) is 1. The Hall–Kier alpha value is -3.01. The number of nitrogens with one attached hydrogen (secondary N) is 2. The van der Waals surface area contributed by atoms with Crippen LogP contribution < -0.4 is 15.4 Å². The Morgan fingerprint density at radius 2 is 1.59 bits per heavy atom. The molecular weight excluding hydrogens is 568 g/mol. The van der Waals surface area contributed by atoms with Gasteiger partial charge in [-0.3, -0.25) is 4.79 Å². The zero-order chi connectivity index (χ0) is 32.3. The number of benzene rings is 3. The van der Waals surface area contributed by atoms with E-state index in [2.05, 4.69) is 75.7 Å². The van der Waals surface area contributed by atoms with Gasteiger partial charge in [0, 0.05) is 36.7 Å². The molecule has 2 unspecified atom stereocenters. The largest absolute Gasteiger partial charge is 0.494 e. The fourth-order valence-electron chi connectivity index (χ4n) is 4.78. The van der Waals surface area contributed by atoms with Crippen LogP contribution in [0.5, 0.6) is 5.75 Å². The molecule has 0 aliphatic heterocycles. The zero-order valence-electron chi connectivity index (χ0n) is 27.5. The molecule has 4 N–H and O–H groups in total. The van der Waals surface area contributed by atoms with E-state index in [0.717, 1.165) is 28.9 Å². The minimum absolute atomic E-state index is 0.0195. The maximum absolute atomic E-state index is 12.6. The van der Waals surface area contributed by atoms with Crippen LogP contribution in [-0.2, 0) is 28.6 Å². The summed E-state index contributed by atoms with van der Waals surface area (Å²) in [6, 6.07) is 23.8. The first-order chi connectivity index (χ1) is 20.8. The second-order valence-electron chi connectivity index (χ2n) is 13.1. The lowest BCUT2D eigenvalue weighted by Gasteiger charge is -2.39. The molecule has 2 atom stereocenters. The van der Waals surface area contributed by atoms with Crippen LogP contribution in [-0.4, -0.2) is 43.6 Å². The minimum atomic E-state index is -2.07. The first-order valence-electron chi connectivity index (χ1n) is 15.7. The Balaban J connectivity index is 1.56. The van der Waals surface area contributed by atoms with Gasteiger partial charge in [0.2, 0.25) is 5.91 Å². The molecule has 3 rings (SSSR count). The lowest BCUT2D eigenvalue weighted by molar-refractivity contribution is -0.121. The monoisotopic (exact) mass is 620 g/mol. The number of para-hydroxylation sites is 1. The van der Waals surface area contributed by atoms with Crippen molar-refractivity contribution >= 4 is 14.2 Å². The van der Waals surface area contributed by atoms with Gasteiger partial charge >= 0.3 is 0 Å². The first-order valence-corrected chi connectivity index (χ1v) is 18.6. The average Bonchev–Trinajstić information content (AvgIpc) is 2.97. The van der Waals surface area contributed by atoms with Gasteiger partial charge < -0.3 is 30.0 Å². The molecule has 0 aliphatic carbocycles. The Morgan fingerprint density at radius 1 is 0.932 bits per heavy atom. The van der Waals surface area contributed by atoms with Gasteiger partial charge in [-0.2, -0.15) is 0 Å². The van der Waals surface area contributed by atoms with E-state index in [1.54, 1.807) is 12.1 Å². The summed E-state index contributed by atoms with van der Waals surface area (Å²) < 4.78 is 12.5. The number of aliphatic hydroxyl groups excluding tert-OH is 1. The highest BCUT2D eigenvalue weighted by molar-refractivity contribution is 6.74. The van der Waals surface area contributed by atoms with Crippen LogP contribution in [0.15, 0.2) is 72.8 Å². The summed E-state index contributed by atoms with van der Waals surface area (Å²) in [7, 11) is -2.07. The standard InChI is InChI=1S/C36H52N2O5Si/c1-8-42-32-15-10-9-14-31(32)24-38-34(39)21-16-27-12-11-13-28(23-27)22-26(2)37-25-33(43-44(6,7)36(3,4)5)29-17-19-30(20-18-29)35(40)41/h9-15,17-20,23,26,33,35,37,40-41H,8,16,21-22,24-25H2,1-7H3,(H,38,39). The molecule has 8 heteroatoms. The van der Waals surface area contributed by atoms with Crippen molar-refractivity contribution in [2.45, 2.75) is 97.0 Å². The second kappa shape index (κ2) is 16.3. The highest BCUT2D eigenvalue weighted by Gasteiger charge is 2.39. The third kappa shape index (κ3) is 10.9. The van der Waals surface area contributed by atoms with Gasteiger partial charge in [0.25, 0.3) is 0 Å². The zero-order valence-corrected chi connectivity index (χ0v) is 28.5. The first kappa shape index (κ1) is 35.5. The Morgan fingerprint density at radius 3 is 2.25 bits per heavy atom. The van der Waals surface area contributed by atoms with Gasteiger partial charge in [-0.25, -0.2) is 0 Å². The van der Waals surface area contributed by atoms with Crippen LogP contribution >= 0.6 is 0 Å². The fraction of sp³-hybridized carbons (Fsp3) is 0.472. The summed E-state index contributed by atoms with van der Waals surface area (Å²) in [4.78, 5) is 12.6. The topological polar surface area (TPSA) is 100 Å². The molecule has 0 radical (unpaired) electrons. The number of aryl methyl sites for hydroxylation is 1. The molecule has 0 spiro atoms. The molecule has 7 nitrogen and oxygen atoms in total. The number of aliphatic hydroxyl groups is 2. The van der Waals surface area contributed by atoms with E-state index in [9.17, 15) is 15.0 Å². The minimum Gasteiger partial charge on any atom is -0.494 e. The molecule has 44 heavy (non-hydrogen) atoms. The van der Waals surface area contributed by atoms with Crippen LogP contribution in [0.4, 0.5) is 0 Å². The van der Waals surface area contributed by atoms with E-state index >= 15 is 0 Å². The van der Waals surface area contributed by atoms with E-state index < -0.39 is 14.6 Å². The molecule has 0 heterocycles. The normalized spacial score (nSPS) is 13.5. The average molecular weight is 621 g/mol. The van der Waals surface area contributed by atoms with Gasteiger partial charge in [-0.15, -0.1) is 0 Å². The summed E-state index contributed by atoms with van der Waals surface area (Å²) in [6.07, 6.45) is 0.294. The van der Waals surface area contributed by atoms with Crippen LogP contribution in [0.1, 0.15) is 81.3 Å². The van der Waals surface area contributed by atoms with Gasteiger partial charge in [-0.1, -0.05) is 87.5 Å². The van der Waals surface area contributed by atoms with Crippen molar-refractivity contribution in [3.05, 3.63) is 101 Å². The molecule has 240 valence electrons. The van der Waals surface area contributed by atoms with Crippen molar-refractivity contribution in [2.75, 3.05) is 13.2 Å². The maximum atomic E-state index is 12.6. The lowest BCUT2D eigenvalue weighted by Crippen LogP contribution is -2.44. The van der Waals surface area contributed by atoms with E-state index in [1.165, 1.54) is 5.56 Å². The Bertz CT molecular complexity index is 1320. The summed E-state index contributed by atoms with van der Waals surface area (Å²) in [5.41, 5.74) is 4.82. The van der Waals surface area contributed by atoms with E-state index in [0.29, 0.717) is 38.1 Å². The molecule has 1 amide bonds. The van der Waals surface area contributed by atoms with Crippen molar-refractivity contribution in [2.24, 2.45) is 0 Å². The quantitative estimate of drug-likeness (QED) is 0.106. The van der Waals surface area contributed by atoms with Crippen molar-refractivity contribution < 1.29 is 24.2 Å². The molecule has 0 fully saturated rings. The van der Waals surface area contributed by atoms with E-state index in [1.807, 2.05) is 43.3 Å². The number of carbonyl (C=O) groups is 1. The third-order valence-corrected chi connectivity index (χ3v) is 12.9. The molecule has 0 aromatic heterocycles. The smallest absolute Gasteiger partial charge is 0.220 e. The fourth-order valence-corrected chi connectivity index (χ4v) is 6.06. The molecule has 0 bridgehead atoms. The van der Waals surface area contributed by atoms with Crippen molar-refractivity contribution in [3.63, 3.8) is 0 Å². The molecule has 3 aromatic rings. The predicted molar refractivity (Wildman–Crippen MR) is 180 cm³/mol.